The zero-order valence-corrected chi connectivity index (χ0v) is 11.7. The molecule has 100 valence electrons. The van der Waals surface area contributed by atoms with Crippen molar-refractivity contribution in [1.29, 1.82) is 0 Å². The molecule has 1 N–H and O–H groups in total. The molecular formula is C14H17N3OS. The van der Waals surface area contributed by atoms with E-state index in [4.69, 9.17) is 4.42 Å². The fourth-order valence-electron chi connectivity index (χ4n) is 2.32. The standard InChI is InChI=1S/C14H17N3OS/c1-10-8-11(14-17-15-9-18-14)2-3-13(10)16-12-4-6-19-7-5-12/h2-3,8-9,12,16H,4-7H2,1H3. The van der Waals surface area contributed by atoms with Crippen LogP contribution in [0, 0.1) is 6.92 Å². The maximum absolute atomic E-state index is 5.22. The summed E-state index contributed by atoms with van der Waals surface area (Å²) in [6.45, 7) is 2.11. The molecule has 0 spiro atoms. The molecule has 0 aliphatic carbocycles. The molecule has 1 aromatic carbocycles. The molecule has 1 fully saturated rings. The third-order valence-electron chi connectivity index (χ3n) is 3.41. The predicted molar refractivity (Wildman–Crippen MR) is 78.4 cm³/mol. The van der Waals surface area contributed by atoms with E-state index in [1.165, 1.54) is 42.0 Å². The predicted octanol–water partition coefficient (Wildman–Crippen LogP) is 3.35. The largest absolute Gasteiger partial charge is 0.423 e. The summed E-state index contributed by atoms with van der Waals surface area (Å²) < 4.78 is 5.22. The minimum Gasteiger partial charge on any atom is -0.423 e. The van der Waals surface area contributed by atoms with E-state index in [2.05, 4.69) is 34.6 Å². The van der Waals surface area contributed by atoms with Gasteiger partial charge < -0.3 is 9.73 Å². The van der Waals surface area contributed by atoms with Gasteiger partial charge in [-0.25, -0.2) is 0 Å². The summed E-state index contributed by atoms with van der Waals surface area (Å²) in [7, 11) is 0. The number of nitrogens with one attached hydrogen (secondary N) is 1. The summed E-state index contributed by atoms with van der Waals surface area (Å²) >= 11 is 2.05. The highest BCUT2D eigenvalue weighted by molar-refractivity contribution is 7.99. The van der Waals surface area contributed by atoms with Gasteiger partial charge in [0.15, 0.2) is 0 Å². The highest BCUT2D eigenvalue weighted by Gasteiger charge is 2.14. The SMILES string of the molecule is Cc1cc(-c2nnco2)ccc1NC1CCSCC1. The van der Waals surface area contributed by atoms with Gasteiger partial charge in [0, 0.05) is 17.3 Å². The first kappa shape index (κ1) is 12.5. The highest BCUT2D eigenvalue weighted by Crippen LogP contribution is 2.26. The molecule has 2 heterocycles. The maximum atomic E-state index is 5.22. The van der Waals surface area contributed by atoms with Gasteiger partial charge in [-0.15, -0.1) is 10.2 Å². The van der Waals surface area contributed by atoms with Crippen molar-refractivity contribution in [3.05, 3.63) is 30.2 Å². The molecule has 1 aliphatic rings. The first-order valence-corrected chi connectivity index (χ1v) is 7.70. The van der Waals surface area contributed by atoms with Crippen LogP contribution in [-0.2, 0) is 0 Å². The van der Waals surface area contributed by atoms with Crippen molar-refractivity contribution in [2.75, 3.05) is 16.8 Å². The normalized spacial score (nSPS) is 16.5. The quantitative estimate of drug-likeness (QED) is 0.931. The maximum Gasteiger partial charge on any atom is 0.247 e. The second kappa shape index (κ2) is 5.65. The zero-order valence-electron chi connectivity index (χ0n) is 10.9. The minimum atomic E-state index is 0.573. The number of aromatic nitrogens is 2. The third-order valence-corrected chi connectivity index (χ3v) is 4.46. The Bertz CT molecular complexity index is 536. The Morgan fingerprint density at radius 1 is 1.32 bits per heavy atom. The summed E-state index contributed by atoms with van der Waals surface area (Å²) in [5.74, 6) is 3.09. The number of nitrogens with zero attached hydrogens (tertiary/aromatic N) is 2. The van der Waals surface area contributed by atoms with Crippen molar-refractivity contribution in [2.24, 2.45) is 0 Å². The lowest BCUT2D eigenvalue weighted by Gasteiger charge is -2.24. The Labute approximate surface area is 117 Å². The van der Waals surface area contributed by atoms with Crippen molar-refractivity contribution in [3.63, 3.8) is 0 Å². The highest BCUT2D eigenvalue weighted by atomic mass is 32.2. The second-order valence-electron chi connectivity index (χ2n) is 4.80. The summed E-state index contributed by atoms with van der Waals surface area (Å²) in [6, 6.07) is 6.83. The van der Waals surface area contributed by atoms with Crippen LogP contribution in [0.25, 0.3) is 11.5 Å². The lowest BCUT2D eigenvalue weighted by Crippen LogP contribution is -2.24. The van der Waals surface area contributed by atoms with E-state index in [1.54, 1.807) is 0 Å². The second-order valence-corrected chi connectivity index (χ2v) is 6.03. The number of thioether (sulfide) groups is 1. The van der Waals surface area contributed by atoms with E-state index in [0.717, 1.165) is 5.56 Å². The van der Waals surface area contributed by atoms with Crippen LogP contribution in [0.4, 0.5) is 5.69 Å². The van der Waals surface area contributed by atoms with Crippen LogP contribution < -0.4 is 5.32 Å². The Morgan fingerprint density at radius 2 is 2.16 bits per heavy atom. The Morgan fingerprint density at radius 3 is 2.84 bits per heavy atom. The van der Waals surface area contributed by atoms with Gasteiger partial charge >= 0.3 is 0 Å². The van der Waals surface area contributed by atoms with Crippen LogP contribution in [0.1, 0.15) is 18.4 Å². The van der Waals surface area contributed by atoms with Crippen LogP contribution >= 0.6 is 11.8 Å². The van der Waals surface area contributed by atoms with Gasteiger partial charge in [0.05, 0.1) is 0 Å². The van der Waals surface area contributed by atoms with Gasteiger partial charge in [-0.1, -0.05) is 0 Å². The van der Waals surface area contributed by atoms with E-state index in [9.17, 15) is 0 Å². The van der Waals surface area contributed by atoms with Gasteiger partial charge in [0.1, 0.15) is 0 Å². The Hall–Kier alpha value is -1.49. The van der Waals surface area contributed by atoms with Gasteiger partial charge in [0.2, 0.25) is 12.3 Å². The van der Waals surface area contributed by atoms with Gasteiger partial charge in [-0.3, -0.25) is 0 Å². The molecule has 0 radical (unpaired) electrons. The summed E-state index contributed by atoms with van der Waals surface area (Å²) in [5, 5.41) is 11.3. The van der Waals surface area contributed by atoms with Crippen molar-refractivity contribution < 1.29 is 4.42 Å². The van der Waals surface area contributed by atoms with Crippen molar-refractivity contribution in [3.8, 4) is 11.5 Å². The molecule has 5 heteroatoms. The number of aryl methyl sites for hydroxylation is 1. The molecule has 0 unspecified atom stereocenters. The molecule has 2 aromatic rings. The van der Waals surface area contributed by atoms with E-state index < -0.39 is 0 Å². The van der Waals surface area contributed by atoms with Gasteiger partial charge in [0.25, 0.3) is 0 Å². The lowest BCUT2D eigenvalue weighted by molar-refractivity contribution is 0.568. The topological polar surface area (TPSA) is 51.0 Å². The average Bonchev–Trinajstić information content (AvgIpc) is 2.96. The number of hydrogen-bond donors (Lipinski definition) is 1. The Kier molecular flexibility index (Phi) is 3.73. The fourth-order valence-corrected chi connectivity index (χ4v) is 3.43. The van der Waals surface area contributed by atoms with Crippen molar-refractivity contribution in [2.45, 2.75) is 25.8 Å². The smallest absolute Gasteiger partial charge is 0.247 e. The van der Waals surface area contributed by atoms with Crippen LogP contribution in [0.2, 0.25) is 0 Å². The lowest BCUT2D eigenvalue weighted by atomic mass is 10.1. The average molecular weight is 275 g/mol. The number of rotatable bonds is 3. The van der Waals surface area contributed by atoms with E-state index in [0.29, 0.717) is 11.9 Å². The summed E-state index contributed by atoms with van der Waals surface area (Å²) in [6.07, 6.45) is 3.85. The van der Waals surface area contributed by atoms with E-state index >= 15 is 0 Å². The Balaban J connectivity index is 1.76. The molecule has 3 rings (SSSR count). The van der Waals surface area contributed by atoms with Gasteiger partial charge in [-0.05, 0) is 55.0 Å². The number of anilines is 1. The number of hydrogen-bond acceptors (Lipinski definition) is 5. The van der Waals surface area contributed by atoms with E-state index in [1.807, 2.05) is 17.8 Å². The van der Waals surface area contributed by atoms with Crippen molar-refractivity contribution >= 4 is 17.4 Å². The van der Waals surface area contributed by atoms with Crippen LogP contribution in [-0.4, -0.2) is 27.7 Å². The van der Waals surface area contributed by atoms with Crippen LogP contribution in [0.3, 0.4) is 0 Å². The third kappa shape index (κ3) is 2.92. The first-order chi connectivity index (χ1) is 9.33. The summed E-state index contributed by atoms with van der Waals surface area (Å²) in [5.41, 5.74) is 3.40. The van der Waals surface area contributed by atoms with Crippen molar-refractivity contribution in [1.82, 2.24) is 10.2 Å². The zero-order chi connectivity index (χ0) is 13.1. The summed E-state index contributed by atoms with van der Waals surface area (Å²) in [4.78, 5) is 0. The molecule has 1 aromatic heterocycles. The monoisotopic (exact) mass is 275 g/mol. The molecular weight excluding hydrogens is 258 g/mol. The van der Waals surface area contributed by atoms with E-state index in [-0.39, 0.29) is 0 Å². The fraction of sp³-hybridized carbons (Fsp3) is 0.429. The molecule has 1 aliphatic heterocycles. The molecule has 0 saturated carbocycles. The molecule has 0 bridgehead atoms. The molecule has 0 atom stereocenters. The van der Waals surface area contributed by atoms with Gasteiger partial charge in [-0.2, -0.15) is 11.8 Å². The van der Waals surface area contributed by atoms with Crippen LogP contribution in [0.5, 0.6) is 0 Å². The molecule has 0 amide bonds. The molecule has 4 nitrogen and oxygen atoms in total. The minimum absolute atomic E-state index is 0.573. The molecule has 19 heavy (non-hydrogen) atoms. The first-order valence-electron chi connectivity index (χ1n) is 6.54. The van der Waals surface area contributed by atoms with Crippen LogP contribution in [0.15, 0.2) is 29.0 Å². The molecule has 1 saturated heterocycles. The number of benzene rings is 1.